The molecule has 2 aromatic carbocycles. The summed E-state index contributed by atoms with van der Waals surface area (Å²) in [6, 6.07) is 17.7. The Bertz CT molecular complexity index is 4010. The predicted molar refractivity (Wildman–Crippen MR) is 381 cm³/mol. The number of thiazole rings is 2. The number of para-hydroxylation sites is 1. The number of β-amino-alcohol motifs (C(OH)–C–C–N with tert-alkyl or cyclic N) is 1. The number of aromatic nitrogens is 7. The van der Waals surface area contributed by atoms with Gasteiger partial charge in [-0.2, -0.15) is 5.10 Å². The van der Waals surface area contributed by atoms with Crippen LogP contribution in [0.5, 0.6) is 0 Å². The molecule has 4 aliphatic carbocycles. The van der Waals surface area contributed by atoms with E-state index in [-0.39, 0.29) is 97.8 Å². The standard InChI is InChI=1S/C74H96N14O8S2/c1-46-53-15-14-28-86(65(53)84-83-64(46)82-69-79-56-16-10-11-17-58(56)98-69)59-23-22-54(55-36-77-88(49(55)4)44-73-39-71(8)38-72(9,40-73)42-74(41-71,43-73)96-32-29-85-26-12-13-27-85)61(80-59)67(92)75-25-31-95-34-33-94-30-24-60(90)81-63(70(5,6)7)68(93)87-37-52(89)35-57(87)66(91)78-47(2)50-18-20-51(21-19-50)62-48(3)76-45-97-62/h10-11,16-23,36,45,47,52,57,63,89H,12-15,24-35,37-44H2,1-9H3,(H,75,92)(H,78,91)(H,81,90)(H,79,82,83)/t47-,52+,57-,63+,71?,72?,73?,74?/m0/s1. The monoisotopic (exact) mass is 1370 g/mol. The van der Waals surface area contributed by atoms with Gasteiger partial charge in [0.05, 0.1) is 83.3 Å². The van der Waals surface area contributed by atoms with E-state index >= 15 is 0 Å². The van der Waals surface area contributed by atoms with Crippen molar-refractivity contribution in [3.05, 3.63) is 106 Å². The zero-order valence-electron chi connectivity index (χ0n) is 58.3. The first kappa shape index (κ1) is 69.2. The number of likely N-dealkylation sites (tertiary alicyclic amines) is 2. The molecule has 98 heavy (non-hydrogen) atoms. The van der Waals surface area contributed by atoms with E-state index in [1.807, 2.05) is 101 Å². The normalized spacial score (nSPS) is 24.3. The molecule has 7 aliphatic rings. The van der Waals surface area contributed by atoms with Crippen molar-refractivity contribution in [2.45, 2.75) is 176 Å². The zero-order chi connectivity index (χ0) is 68.7. The van der Waals surface area contributed by atoms with Gasteiger partial charge in [0.15, 0.2) is 16.8 Å². The second-order valence-electron chi connectivity index (χ2n) is 30.6. The summed E-state index contributed by atoms with van der Waals surface area (Å²) in [6.07, 6.45) is 12.0. The third kappa shape index (κ3) is 14.9. The molecular formula is C74H96N14O8S2. The van der Waals surface area contributed by atoms with Gasteiger partial charge in [0.2, 0.25) is 17.7 Å². The first-order chi connectivity index (χ1) is 46.9. The minimum Gasteiger partial charge on any atom is -0.391 e. The summed E-state index contributed by atoms with van der Waals surface area (Å²) >= 11 is 3.15. The number of pyridine rings is 1. The topological polar surface area (TPSA) is 256 Å². The number of hydrogen-bond donors (Lipinski definition) is 5. The number of aliphatic hydroxyl groups is 1. The number of anilines is 4. The third-order valence-electron chi connectivity index (χ3n) is 21.3. The maximum absolute atomic E-state index is 14.8. The molecule has 8 heterocycles. The predicted octanol–water partition coefficient (Wildman–Crippen LogP) is 11.0. The van der Waals surface area contributed by atoms with Crippen LogP contribution in [-0.2, 0) is 41.6 Å². The molecule has 22 nitrogen and oxygen atoms in total. The SMILES string of the molecule is Cc1ncsc1-c1ccc([C@H](C)NC(=O)[C@@H]2C[C@@H](O)CN2C(=O)[C@@H](NC(=O)CCOCCOCCNC(=O)c2nc(N3CCCc4c3nnc(Nc3nc5ccccc5s3)c4C)ccc2-c2cnn(CC34CC5(C)CC(C)(C3)CC(OCCN3CCCC3)(C5)C4)c2C)C(C)(C)C)cc1. The number of carbonyl (C=O) groups excluding carboxylic acids is 4. The van der Waals surface area contributed by atoms with Crippen molar-refractivity contribution in [1.82, 2.24) is 60.7 Å². The van der Waals surface area contributed by atoms with Crippen molar-refractivity contribution in [2.24, 2.45) is 21.7 Å². The van der Waals surface area contributed by atoms with Crippen LogP contribution in [0.3, 0.4) is 0 Å². The molecule has 5 aromatic heterocycles. The first-order valence-electron chi connectivity index (χ1n) is 35.1. The number of fused-ring (bicyclic) bond motifs is 2. The Balaban J connectivity index is 0.637. The number of hydrogen-bond acceptors (Lipinski definition) is 19. The second-order valence-corrected chi connectivity index (χ2v) is 32.5. The third-order valence-corrected chi connectivity index (χ3v) is 23.2. The number of aliphatic hydroxyl groups excluding tert-OH is 1. The summed E-state index contributed by atoms with van der Waals surface area (Å²) < 4.78 is 22.2. The Hall–Kier alpha value is -7.32. The van der Waals surface area contributed by atoms with Crippen LogP contribution in [-0.4, -0.2) is 170 Å². The summed E-state index contributed by atoms with van der Waals surface area (Å²) in [4.78, 5) is 78.0. The quantitative estimate of drug-likeness (QED) is 0.0316. The number of nitrogens with zero attached hydrogens (tertiary/aromatic N) is 10. The fraction of sp³-hybridized carbons (Fsp3) is 0.568. The molecule has 4 saturated carbocycles. The Morgan fingerprint density at radius 2 is 1.57 bits per heavy atom. The van der Waals surface area contributed by atoms with Crippen LogP contribution in [0.15, 0.2) is 72.4 Å². The van der Waals surface area contributed by atoms with E-state index in [4.69, 9.17) is 39.5 Å². The lowest BCUT2D eigenvalue weighted by Gasteiger charge is -2.69. The van der Waals surface area contributed by atoms with Gasteiger partial charge in [-0.15, -0.1) is 21.5 Å². The highest BCUT2D eigenvalue weighted by Gasteiger charge is 2.66. The van der Waals surface area contributed by atoms with Crippen molar-refractivity contribution in [2.75, 3.05) is 82.5 Å². The molecule has 4 amide bonds. The summed E-state index contributed by atoms with van der Waals surface area (Å²) in [5.74, 6) is 0.382. The molecule has 7 aromatic rings. The highest BCUT2D eigenvalue weighted by Crippen LogP contribution is 2.72. The molecule has 6 fully saturated rings. The van der Waals surface area contributed by atoms with Crippen molar-refractivity contribution in [3.63, 3.8) is 0 Å². The van der Waals surface area contributed by atoms with E-state index in [9.17, 15) is 24.3 Å². The van der Waals surface area contributed by atoms with Crippen LogP contribution >= 0.6 is 22.7 Å². The van der Waals surface area contributed by atoms with Crippen LogP contribution in [0.2, 0.25) is 0 Å². The molecule has 6 atom stereocenters. The molecule has 14 rings (SSSR count). The molecule has 2 saturated heterocycles. The van der Waals surface area contributed by atoms with Crippen LogP contribution in [0, 0.1) is 42.4 Å². The number of benzene rings is 2. The van der Waals surface area contributed by atoms with Gasteiger partial charge < -0.3 is 55.3 Å². The number of rotatable bonds is 26. The smallest absolute Gasteiger partial charge is 0.270 e. The zero-order valence-corrected chi connectivity index (χ0v) is 59.9. The van der Waals surface area contributed by atoms with Gasteiger partial charge in [0, 0.05) is 73.5 Å². The molecule has 2 unspecified atom stereocenters. The Morgan fingerprint density at radius 3 is 2.31 bits per heavy atom. The van der Waals surface area contributed by atoms with E-state index in [0.717, 1.165) is 124 Å². The lowest BCUT2D eigenvalue weighted by molar-refractivity contribution is -0.248. The van der Waals surface area contributed by atoms with Gasteiger partial charge in [-0.05, 0) is 162 Å². The van der Waals surface area contributed by atoms with E-state index in [0.29, 0.717) is 29.6 Å². The van der Waals surface area contributed by atoms with Crippen LogP contribution < -0.4 is 26.2 Å². The average molecular weight is 1370 g/mol. The fourth-order valence-electron chi connectivity index (χ4n) is 17.7. The van der Waals surface area contributed by atoms with Crippen molar-refractivity contribution in [3.8, 4) is 21.6 Å². The second kappa shape index (κ2) is 28.4. The van der Waals surface area contributed by atoms with E-state index < -0.39 is 35.4 Å². The number of aryl methyl sites for hydroxylation is 1. The lowest BCUT2D eigenvalue weighted by atomic mass is 9.39. The maximum Gasteiger partial charge on any atom is 0.270 e. The Labute approximate surface area is 582 Å². The summed E-state index contributed by atoms with van der Waals surface area (Å²) in [6.45, 7) is 24.9. The molecule has 0 spiro atoms. The van der Waals surface area contributed by atoms with Gasteiger partial charge in [-0.3, -0.25) is 23.9 Å². The van der Waals surface area contributed by atoms with E-state index in [1.54, 1.807) is 22.7 Å². The Kier molecular flexibility index (Phi) is 20.0. The van der Waals surface area contributed by atoms with Crippen LogP contribution in [0.25, 0.3) is 31.8 Å². The molecular weight excluding hydrogens is 1280 g/mol. The fourth-order valence-corrected chi connectivity index (χ4v) is 19.4. The van der Waals surface area contributed by atoms with Crippen molar-refractivity contribution < 1.29 is 38.5 Å². The molecule has 522 valence electrons. The van der Waals surface area contributed by atoms with E-state index in [2.05, 4.69) is 74.5 Å². The molecule has 24 heteroatoms. The van der Waals surface area contributed by atoms with Gasteiger partial charge >= 0.3 is 0 Å². The van der Waals surface area contributed by atoms with Crippen LogP contribution in [0.1, 0.15) is 157 Å². The molecule has 3 aliphatic heterocycles. The molecule has 5 N–H and O–H groups in total. The molecule has 0 radical (unpaired) electrons. The molecule has 4 bridgehead atoms. The number of carbonyl (C=O) groups is 4. The minimum atomic E-state index is -0.981. The van der Waals surface area contributed by atoms with Crippen molar-refractivity contribution >= 4 is 79.1 Å². The van der Waals surface area contributed by atoms with Crippen molar-refractivity contribution in [1.29, 1.82) is 0 Å². The van der Waals surface area contributed by atoms with Gasteiger partial charge in [-0.1, -0.05) is 82.4 Å². The summed E-state index contributed by atoms with van der Waals surface area (Å²) in [5.41, 5.74) is 10.0. The highest BCUT2D eigenvalue weighted by atomic mass is 32.1. The maximum atomic E-state index is 14.8. The van der Waals surface area contributed by atoms with Gasteiger partial charge in [0.1, 0.15) is 23.6 Å². The van der Waals surface area contributed by atoms with Gasteiger partial charge in [-0.25, -0.2) is 15.0 Å². The summed E-state index contributed by atoms with van der Waals surface area (Å²) in [7, 11) is 0. The summed E-state index contributed by atoms with van der Waals surface area (Å²) in [5, 5.41) is 38.7. The number of ether oxygens (including phenoxy) is 3. The number of amides is 4. The van der Waals surface area contributed by atoms with Crippen LogP contribution in [0.4, 0.5) is 22.6 Å². The largest absolute Gasteiger partial charge is 0.391 e. The van der Waals surface area contributed by atoms with E-state index in [1.165, 1.54) is 37.3 Å². The minimum absolute atomic E-state index is 0.0231. The highest BCUT2D eigenvalue weighted by molar-refractivity contribution is 7.22. The Morgan fingerprint density at radius 1 is 0.816 bits per heavy atom. The first-order valence-corrected chi connectivity index (χ1v) is 36.8. The number of nitrogens with one attached hydrogen (secondary N) is 4. The average Bonchev–Trinajstić information content (AvgIpc) is 0.751. The lowest BCUT2D eigenvalue weighted by Crippen LogP contribution is -2.64. The van der Waals surface area contributed by atoms with Gasteiger partial charge in [0.25, 0.3) is 5.91 Å².